The molecule has 0 saturated heterocycles. The molecule has 0 aliphatic carbocycles. The maximum absolute atomic E-state index is 13.2. The minimum atomic E-state index is -4.56. The Labute approximate surface area is 152 Å². The number of anilines is 4. The Bertz CT molecular complexity index is 930. The number of hydrogen-bond donors (Lipinski definition) is 2. The van der Waals surface area contributed by atoms with Crippen LogP contribution < -0.4 is 10.6 Å². The molecule has 0 bridgehead atoms. The van der Waals surface area contributed by atoms with Crippen molar-refractivity contribution >= 4 is 34.7 Å². The quantitative estimate of drug-likeness (QED) is 0.640. The van der Waals surface area contributed by atoms with Crippen LogP contribution in [0.3, 0.4) is 0 Å². The number of nitrogens with zero attached hydrogens (tertiary/aromatic N) is 3. The SMILES string of the molecule is Cc1ccccc1Nc1nncc(Nc2ccc(Cl)cc2C(F)(F)F)n1. The minimum absolute atomic E-state index is 0.00871. The molecule has 0 amide bonds. The van der Waals surface area contributed by atoms with Gasteiger partial charge < -0.3 is 10.6 Å². The number of halogens is 4. The monoisotopic (exact) mass is 379 g/mol. The van der Waals surface area contributed by atoms with Crippen LogP contribution in [0.1, 0.15) is 11.1 Å². The molecule has 26 heavy (non-hydrogen) atoms. The number of rotatable bonds is 4. The van der Waals surface area contributed by atoms with Gasteiger partial charge in [-0.25, -0.2) is 0 Å². The van der Waals surface area contributed by atoms with Crippen molar-refractivity contribution in [1.29, 1.82) is 0 Å². The molecule has 3 aromatic rings. The molecule has 3 rings (SSSR count). The van der Waals surface area contributed by atoms with Crippen molar-refractivity contribution in [2.45, 2.75) is 13.1 Å². The predicted octanol–water partition coefficient (Wildman–Crippen LogP) is 5.34. The molecule has 1 heterocycles. The molecule has 0 atom stereocenters. The Morgan fingerprint density at radius 2 is 1.77 bits per heavy atom. The number of benzene rings is 2. The summed E-state index contributed by atoms with van der Waals surface area (Å²) in [5, 5.41) is 13.2. The molecule has 0 aliphatic heterocycles. The van der Waals surface area contributed by atoms with Gasteiger partial charge in [-0.3, -0.25) is 0 Å². The third kappa shape index (κ3) is 4.20. The number of para-hydroxylation sites is 1. The molecular formula is C17H13ClF3N5. The second-order valence-corrected chi connectivity index (χ2v) is 5.85. The summed E-state index contributed by atoms with van der Waals surface area (Å²) in [6, 6.07) is 10.9. The van der Waals surface area contributed by atoms with Gasteiger partial charge >= 0.3 is 6.18 Å². The van der Waals surface area contributed by atoms with E-state index in [9.17, 15) is 13.2 Å². The lowest BCUT2D eigenvalue weighted by atomic mass is 10.1. The van der Waals surface area contributed by atoms with Crippen molar-refractivity contribution < 1.29 is 13.2 Å². The molecule has 9 heteroatoms. The summed E-state index contributed by atoms with van der Waals surface area (Å²) in [7, 11) is 0. The van der Waals surface area contributed by atoms with Gasteiger partial charge in [-0.05, 0) is 36.8 Å². The molecule has 0 saturated carbocycles. The van der Waals surface area contributed by atoms with Crippen molar-refractivity contribution in [2.75, 3.05) is 10.6 Å². The molecule has 1 aromatic heterocycles. The maximum atomic E-state index is 13.2. The highest BCUT2D eigenvalue weighted by atomic mass is 35.5. The zero-order valence-electron chi connectivity index (χ0n) is 13.5. The van der Waals surface area contributed by atoms with E-state index < -0.39 is 11.7 Å². The summed E-state index contributed by atoms with van der Waals surface area (Å²) in [4.78, 5) is 4.15. The fourth-order valence-corrected chi connectivity index (χ4v) is 2.42. The molecule has 2 N–H and O–H groups in total. The fourth-order valence-electron chi connectivity index (χ4n) is 2.25. The Kier molecular flexibility index (Phi) is 4.94. The lowest BCUT2D eigenvalue weighted by Crippen LogP contribution is -2.10. The Morgan fingerprint density at radius 3 is 2.50 bits per heavy atom. The minimum Gasteiger partial charge on any atom is -0.338 e. The van der Waals surface area contributed by atoms with Gasteiger partial charge in [-0.2, -0.15) is 23.3 Å². The number of nitrogens with one attached hydrogen (secondary N) is 2. The molecule has 0 fully saturated rings. The van der Waals surface area contributed by atoms with Gasteiger partial charge in [-0.15, -0.1) is 5.10 Å². The van der Waals surface area contributed by atoms with Crippen molar-refractivity contribution in [3.63, 3.8) is 0 Å². The fraction of sp³-hybridized carbons (Fsp3) is 0.118. The van der Waals surface area contributed by atoms with Crippen LogP contribution in [0.15, 0.2) is 48.7 Å². The average Bonchev–Trinajstić information content (AvgIpc) is 2.58. The Morgan fingerprint density at radius 1 is 1.00 bits per heavy atom. The van der Waals surface area contributed by atoms with Gasteiger partial charge in [0.2, 0.25) is 5.95 Å². The van der Waals surface area contributed by atoms with Gasteiger partial charge in [0.15, 0.2) is 5.82 Å². The number of aryl methyl sites for hydroxylation is 1. The summed E-state index contributed by atoms with van der Waals surface area (Å²) >= 11 is 5.68. The van der Waals surface area contributed by atoms with Crippen molar-refractivity contribution in [2.24, 2.45) is 0 Å². The highest BCUT2D eigenvalue weighted by molar-refractivity contribution is 6.30. The summed E-state index contributed by atoms with van der Waals surface area (Å²) < 4.78 is 39.5. The molecule has 134 valence electrons. The zero-order valence-corrected chi connectivity index (χ0v) is 14.2. The van der Waals surface area contributed by atoms with Crippen molar-refractivity contribution in [1.82, 2.24) is 15.2 Å². The predicted molar refractivity (Wildman–Crippen MR) is 94.0 cm³/mol. The van der Waals surface area contributed by atoms with Crippen molar-refractivity contribution in [3.8, 4) is 0 Å². The lowest BCUT2D eigenvalue weighted by molar-refractivity contribution is -0.136. The van der Waals surface area contributed by atoms with Crippen LogP contribution >= 0.6 is 11.6 Å². The first-order valence-electron chi connectivity index (χ1n) is 7.49. The second kappa shape index (κ2) is 7.17. The standard InChI is InChI=1S/C17H13ClF3N5/c1-10-4-2-3-5-13(10)24-16-25-15(9-22-26-16)23-14-7-6-11(18)8-12(14)17(19,20)21/h2-9H,1H3,(H2,23,24,25,26). The smallest absolute Gasteiger partial charge is 0.338 e. The first-order valence-corrected chi connectivity index (χ1v) is 7.87. The Hall–Kier alpha value is -2.87. The largest absolute Gasteiger partial charge is 0.418 e. The third-order valence-electron chi connectivity index (χ3n) is 3.50. The van der Waals surface area contributed by atoms with E-state index in [2.05, 4.69) is 25.8 Å². The maximum Gasteiger partial charge on any atom is 0.418 e. The third-order valence-corrected chi connectivity index (χ3v) is 3.74. The van der Waals surface area contributed by atoms with E-state index in [0.29, 0.717) is 0 Å². The molecule has 2 aromatic carbocycles. The van der Waals surface area contributed by atoms with Crippen molar-refractivity contribution in [3.05, 3.63) is 64.8 Å². The van der Waals surface area contributed by atoms with Gasteiger partial charge in [0.05, 0.1) is 17.4 Å². The highest BCUT2D eigenvalue weighted by Crippen LogP contribution is 2.37. The van der Waals surface area contributed by atoms with Gasteiger partial charge in [0.25, 0.3) is 0 Å². The van der Waals surface area contributed by atoms with E-state index in [1.165, 1.54) is 18.3 Å². The van der Waals surface area contributed by atoms with Crippen LogP contribution in [0.2, 0.25) is 5.02 Å². The van der Waals surface area contributed by atoms with Crippen LogP contribution in [0, 0.1) is 6.92 Å². The molecular weight excluding hydrogens is 367 g/mol. The van der Waals surface area contributed by atoms with E-state index in [1.807, 2.05) is 31.2 Å². The molecule has 5 nitrogen and oxygen atoms in total. The van der Waals surface area contributed by atoms with E-state index >= 15 is 0 Å². The van der Waals surface area contributed by atoms with E-state index in [1.54, 1.807) is 0 Å². The van der Waals surface area contributed by atoms with Crippen LogP contribution in [0.25, 0.3) is 0 Å². The second-order valence-electron chi connectivity index (χ2n) is 5.42. The van der Waals surface area contributed by atoms with Crippen LogP contribution in [0.4, 0.5) is 36.3 Å². The zero-order chi connectivity index (χ0) is 18.7. The van der Waals surface area contributed by atoms with E-state index in [-0.39, 0.29) is 22.5 Å². The normalized spacial score (nSPS) is 11.3. The Balaban J connectivity index is 1.87. The topological polar surface area (TPSA) is 62.7 Å². The highest BCUT2D eigenvalue weighted by Gasteiger charge is 2.34. The summed E-state index contributed by atoms with van der Waals surface area (Å²) in [6.07, 6.45) is -3.33. The first-order chi connectivity index (χ1) is 12.3. The van der Waals surface area contributed by atoms with Gasteiger partial charge in [0, 0.05) is 10.7 Å². The van der Waals surface area contributed by atoms with E-state index in [0.717, 1.165) is 17.3 Å². The molecule has 0 aliphatic rings. The molecule has 0 radical (unpaired) electrons. The summed E-state index contributed by atoms with van der Waals surface area (Å²) in [6.45, 7) is 1.90. The average molecular weight is 380 g/mol. The number of aromatic nitrogens is 3. The van der Waals surface area contributed by atoms with Gasteiger partial charge in [0.1, 0.15) is 0 Å². The first kappa shape index (κ1) is 17.9. The van der Waals surface area contributed by atoms with Crippen LogP contribution in [-0.2, 0) is 6.18 Å². The van der Waals surface area contributed by atoms with E-state index in [4.69, 9.17) is 11.6 Å². The van der Waals surface area contributed by atoms with Crippen LogP contribution in [0.5, 0.6) is 0 Å². The molecule has 0 unspecified atom stereocenters. The molecule has 0 spiro atoms. The number of hydrogen-bond acceptors (Lipinski definition) is 5. The summed E-state index contributed by atoms with van der Waals surface area (Å²) in [5.74, 6) is 0.274. The van der Waals surface area contributed by atoms with Gasteiger partial charge in [-0.1, -0.05) is 29.8 Å². The summed E-state index contributed by atoms with van der Waals surface area (Å²) in [5.41, 5.74) is 0.668. The number of alkyl halides is 3. The van der Waals surface area contributed by atoms with Crippen LogP contribution in [-0.4, -0.2) is 15.2 Å². The lowest BCUT2D eigenvalue weighted by Gasteiger charge is -2.14.